The van der Waals surface area contributed by atoms with E-state index in [0.29, 0.717) is 5.41 Å². The van der Waals surface area contributed by atoms with Crippen molar-refractivity contribution in [2.75, 3.05) is 32.0 Å². The third-order valence-electron chi connectivity index (χ3n) is 5.09. The third kappa shape index (κ3) is 4.52. The predicted octanol–water partition coefficient (Wildman–Crippen LogP) is 3.80. The number of rotatable bonds is 5. The van der Waals surface area contributed by atoms with E-state index in [9.17, 15) is 0 Å². The molecule has 2 N–H and O–H groups in total. The molecule has 0 aromatic heterocycles. The lowest BCUT2D eigenvalue weighted by Crippen LogP contribution is -2.72. The SMILES string of the molecule is CN=C(NCCCNc1ccccc1)N1CC(C)(C)C1(C)C.I. The number of aliphatic imine (C=N–C) groups is 1. The topological polar surface area (TPSA) is 39.7 Å². The summed E-state index contributed by atoms with van der Waals surface area (Å²) in [5.74, 6) is 1.02. The second kappa shape index (κ2) is 8.22. The summed E-state index contributed by atoms with van der Waals surface area (Å²) in [5.41, 5.74) is 1.66. The lowest BCUT2D eigenvalue weighted by molar-refractivity contribution is -0.0667. The number of halogens is 1. The number of benzene rings is 1. The fourth-order valence-corrected chi connectivity index (χ4v) is 2.77. The fraction of sp³-hybridized carbons (Fsp3) is 0.611. The van der Waals surface area contributed by atoms with E-state index in [-0.39, 0.29) is 29.5 Å². The van der Waals surface area contributed by atoms with Crippen LogP contribution in [-0.2, 0) is 0 Å². The van der Waals surface area contributed by atoms with E-state index in [1.807, 2.05) is 13.1 Å². The summed E-state index contributed by atoms with van der Waals surface area (Å²) in [5, 5.41) is 6.92. The minimum atomic E-state index is 0. The van der Waals surface area contributed by atoms with E-state index in [0.717, 1.165) is 32.0 Å². The van der Waals surface area contributed by atoms with Gasteiger partial charge in [-0.05, 0) is 32.4 Å². The molecule has 0 bridgehead atoms. The van der Waals surface area contributed by atoms with Crippen LogP contribution in [-0.4, -0.2) is 43.1 Å². The molecule has 1 aliphatic rings. The molecule has 0 spiro atoms. The van der Waals surface area contributed by atoms with Gasteiger partial charge in [-0.1, -0.05) is 32.0 Å². The minimum Gasteiger partial charge on any atom is -0.385 e. The quantitative estimate of drug-likeness (QED) is 0.323. The van der Waals surface area contributed by atoms with Crippen LogP contribution >= 0.6 is 24.0 Å². The second-order valence-corrected chi connectivity index (χ2v) is 7.15. The Morgan fingerprint density at radius 2 is 1.78 bits per heavy atom. The van der Waals surface area contributed by atoms with Crippen LogP contribution in [0.3, 0.4) is 0 Å². The van der Waals surface area contributed by atoms with Crippen LogP contribution in [0.4, 0.5) is 5.69 Å². The first-order chi connectivity index (χ1) is 10.4. The van der Waals surface area contributed by atoms with Gasteiger partial charge in [-0.3, -0.25) is 4.99 Å². The Bertz CT molecular complexity index is 511. The van der Waals surface area contributed by atoms with E-state index in [2.05, 4.69) is 72.5 Å². The van der Waals surface area contributed by atoms with Gasteiger partial charge in [0.05, 0.1) is 0 Å². The minimum absolute atomic E-state index is 0. The maximum atomic E-state index is 4.44. The summed E-state index contributed by atoms with van der Waals surface area (Å²) in [4.78, 5) is 6.81. The van der Waals surface area contributed by atoms with Gasteiger partial charge >= 0.3 is 0 Å². The summed E-state index contributed by atoms with van der Waals surface area (Å²) in [6.45, 7) is 12.2. The van der Waals surface area contributed by atoms with Crippen LogP contribution < -0.4 is 10.6 Å². The Hall–Kier alpha value is -0.980. The van der Waals surface area contributed by atoms with Gasteiger partial charge in [-0.15, -0.1) is 24.0 Å². The van der Waals surface area contributed by atoms with Gasteiger partial charge in [-0.2, -0.15) is 0 Å². The number of nitrogens with zero attached hydrogens (tertiary/aromatic N) is 2. The van der Waals surface area contributed by atoms with Gasteiger partial charge in [0.15, 0.2) is 5.96 Å². The van der Waals surface area contributed by atoms with Crippen molar-refractivity contribution in [3.05, 3.63) is 30.3 Å². The molecule has 0 atom stereocenters. The van der Waals surface area contributed by atoms with E-state index in [1.54, 1.807) is 0 Å². The van der Waals surface area contributed by atoms with Crippen molar-refractivity contribution in [3.8, 4) is 0 Å². The van der Waals surface area contributed by atoms with Gasteiger partial charge in [0, 0.05) is 43.3 Å². The predicted molar refractivity (Wildman–Crippen MR) is 111 cm³/mol. The van der Waals surface area contributed by atoms with E-state index >= 15 is 0 Å². The van der Waals surface area contributed by atoms with Crippen molar-refractivity contribution in [2.45, 2.75) is 39.7 Å². The van der Waals surface area contributed by atoms with Crippen molar-refractivity contribution in [3.63, 3.8) is 0 Å². The molecule has 0 radical (unpaired) electrons. The Kier molecular flexibility index (Phi) is 7.17. The van der Waals surface area contributed by atoms with Gasteiger partial charge in [-0.25, -0.2) is 0 Å². The largest absolute Gasteiger partial charge is 0.385 e. The number of hydrogen-bond donors (Lipinski definition) is 2. The Labute approximate surface area is 158 Å². The highest BCUT2D eigenvalue weighted by molar-refractivity contribution is 14.0. The Balaban J connectivity index is 0.00000264. The summed E-state index contributed by atoms with van der Waals surface area (Å²) in [6, 6.07) is 10.3. The van der Waals surface area contributed by atoms with E-state index in [1.165, 1.54) is 5.69 Å². The summed E-state index contributed by atoms with van der Waals surface area (Å²) in [7, 11) is 1.87. The highest BCUT2D eigenvalue weighted by atomic mass is 127. The maximum absolute atomic E-state index is 4.44. The van der Waals surface area contributed by atoms with Crippen LogP contribution in [0.5, 0.6) is 0 Å². The molecular weight excluding hydrogens is 399 g/mol. The molecule has 1 aromatic rings. The zero-order chi connectivity index (χ0) is 16.2. The number of para-hydroxylation sites is 1. The number of guanidine groups is 1. The second-order valence-electron chi connectivity index (χ2n) is 7.15. The zero-order valence-electron chi connectivity index (χ0n) is 15.0. The molecule has 1 fully saturated rings. The standard InChI is InChI=1S/C18H30N4.HI/c1-17(2)14-22(18(17,3)4)16(19-5)21-13-9-12-20-15-10-7-6-8-11-15;/h6-8,10-11,20H,9,12-14H2,1-5H3,(H,19,21);1H. The maximum Gasteiger partial charge on any atom is 0.194 e. The molecule has 1 aromatic carbocycles. The van der Waals surface area contributed by atoms with Gasteiger partial charge < -0.3 is 15.5 Å². The van der Waals surface area contributed by atoms with Gasteiger partial charge in [0.25, 0.3) is 0 Å². The molecule has 0 aliphatic carbocycles. The van der Waals surface area contributed by atoms with Gasteiger partial charge in [0.1, 0.15) is 0 Å². The van der Waals surface area contributed by atoms with Crippen LogP contribution in [0.25, 0.3) is 0 Å². The molecule has 0 unspecified atom stereocenters. The molecule has 0 saturated carbocycles. The average Bonchev–Trinajstić information content (AvgIpc) is 2.50. The van der Waals surface area contributed by atoms with Crippen molar-refractivity contribution in [1.29, 1.82) is 0 Å². The summed E-state index contributed by atoms with van der Waals surface area (Å²) >= 11 is 0. The number of likely N-dealkylation sites (tertiary alicyclic amines) is 1. The van der Waals surface area contributed by atoms with Crippen molar-refractivity contribution < 1.29 is 0 Å². The molecule has 130 valence electrons. The lowest BCUT2D eigenvalue weighted by atomic mass is 9.65. The van der Waals surface area contributed by atoms with Crippen molar-refractivity contribution in [2.24, 2.45) is 10.4 Å². The first-order valence-electron chi connectivity index (χ1n) is 8.16. The first-order valence-corrected chi connectivity index (χ1v) is 8.16. The van der Waals surface area contributed by atoms with Crippen LogP contribution in [0.2, 0.25) is 0 Å². The molecular formula is C18H31IN4. The molecule has 1 heterocycles. The van der Waals surface area contributed by atoms with Crippen LogP contribution in [0.15, 0.2) is 35.3 Å². The highest BCUT2D eigenvalue weighted by Gasteiger charge is 2.53. The fourth-order valence-electron chi connectivity index (χ4n) is 2.77. The zero-order valence-corrected chi connectivity index (χ0v) is 17.3. The summed E-state index contributed by atoms with van der Waals surface area (Å²) in [6.07, 6.45) is 1.06. The number of anilines is 1. The molecule has 0 amide bonds. The molecule has 1 aliphatic heterocycles. The van der Waals surface area contributed by atoms with Crippen LogP contribution in [0, 0.1) is 5.41 Å². The number of nitrogens with one attached hydrogen (secondary N) is 2. The number of hydrogen-bond acceptors (Lipinski definition) is 2. The molecule has 4 nitrogen and oxygen atoms in total. The van der Waals surface area contributed by atoms with Crippen molar-refractivity contribution >= 4 is 35.6 Å². The van der Waals surface area contributed by atoms with Gasteiger partial charge in [0.2, 0.25) is 0 Å². The molecule has 5 heteroatoms. The Morgan fingerprint density at radius 3 is 2.30 bits per heavy atom. The van der Waals surface area contributed by atoms with E-state index in [4.69, 9.17) is 0 Å². The monoisotopic (exact) mass is 430 g/mol. The lowest BCUT2D eigenvalue weighted by Gasteiger charge is -2.62. The molecule has 1 saturated heterocycles. The van der Waals surface area contributed by atoms with E-state index < -0.39 is 0 Å². The summed E-state index contributed by atoms with van der Waals surface area (Å²) < 4.78 is 0. The van der Waals surface area contributed by atoms with Crippen molar-refractivity contribution in [1.82, 2.24) is 10.2 Å². The highest BCUT2D eigenvalue weighted by Crippen LogP contribution is 2.46. The first kappa shape index (κ1) is 20.1. The molecule has 2 rings (SSSR count). The molecule has 23 heavy (non-hydrogen) atoms. The Morgan fingerprint density at radius 1 is 1.13 bits per heavy atom. The smallest absolute Gasteiger partial charge is 0.194 e. The van der Waals surface area contributed by atoms with Crippen LogP contribution in [0.1, 0.15) is 34.1 Å². The third-order valence-corrected chi connectivity index (χ3v) is 5.09. The normalized spacial score (nSPS) is 18.7. The average molecular weight is 430 g/mol.